The average Bonchev–Trinajstić information content (AvgIpc) is 2.76. The predicted octanol–water partition coefficient (Wildman–Crippen LogP) is 2.85. The van der Waals surface area contributed by atoms with Gasteiger partial charge in [0.1, 0.15) is 35.9 Å². The quantitative estimate of drug-likeness (QED) is 0.446. The molecule has 2 aromatic carbocycles. The summed E-state index contributed by atoms with van der Waals surface area (Å²) < 4.78 is 106. The minimum atomic E-state index is -5.12. The number of hydrogen-bond acceptors (Lipinski definition) is 6. The van der Waals surface area contributed by atoms with E-state index in [9.17, 15) is 50.8 Å². The molecule has 0 saturated carbocycles. The molecule has 0 bridgehead atoms. The van der Waals surface area contributed by atoms with Gasteiger partial charge in [-0.3, -0.25) is 4.79 Å². The van der Waals surface area contributed by atoms with Crippen molar-refractivity contribution < 1.29 is 60.3 Å². The van der Waals surface area contributed by atoms with Gasteiger partial charge in [-0.15, -0.1) is 0 Å². The average molecular weight is 527 g/mol. The first-order chi connectivity index (χ1) is 16.6. The van der Waals surface area contributed by atoms with Crippen LogP contribution >= 0.6 is 0 Å². The summed E-state index contributed by atoms with van der Waals surface area (Å²) in [4.78, 5) is 11.6. The van der Waals surface area contributed by atoms with Gasteiger partial charge < -0.3 is 30.1 Å². The molecule has 36 heavy (non-hydrogen) atoms. The fourth-order valence-corrected chi connectivity index (χ4v) is 3.76. The monoisotopic (exact) mass is 527 g/mol. The summed E-state index contributed by atoms with van der Waals surface area (Å²) in [5.41, 5.74) is -4.81. The Morgan fingerprint density at radius 1 is 1.06 bits per heavy atom. The summed E-state index contributed by atoms with van der Waals surface area (Å²) in [6.45, 7) is 0.161. The number of alkyl halides is 6. The highest BCUT2D eigenvalue weighted by molar-refractivity contribution is 5.76. The molecule has 4 N–H and O–H groups in total. The molecule has 0 radical (unpaired) electrons. The summed E-state index contributed by atoms with van der Waals surface area (Å²) in [5.74, 6) is -2.95. The highest BCUT2D eigenvalue weighted by atomic mass is 19.4. The van der Waals surface area contributed by atoms with Gasteiger partial charge in [0.2, 0.25) is 12.2 Å². The standard InChI is InChI=1S/C22H20F7NO6/c1-9(32)30-17-19(34)18(33)15(8-31)36-20(17)35-14-4-2-3-13(22(27,28)29)16(14)10-5-11(21(24,25)26)7-12(23)6-10/h2-7,15,17-20,31,33-34H,8H2,1H3,(H,30,32)/t15-,17-,18+,19-,20-/m1/s1. The minimum Gasteiger partial charge on any atom is -0.462 e. The molecule has 14 heteroatoms. The zero-order chi connectivity index (χ0) is 27.0. The number of amides is 1. The zero-order valence-electron chi connectivity index (χ0n) is 18.3. The molecular formula is C22H20F7NO6. The van der Waals surface area contributed by atoms with Gasteiger partial charge in [0.15, 0.2) is 0 Å². The molecule has 2 aromatic rings. The first-order valence-corrected chi connectivity index (χ1v) is 10.3. The van der Waals surface area contributed by atoms with Crippen LogP contribution in [-0.4, -0.2) is 58.5 Å². The summed E-state index contributed by atoms with van der Waals surface area (Å²) >= 11 is 0. The Bertz CT molecular complexity index is 1110. The van der Waals surface area contributed by atoms with Crippen LogP contribution in [0.25, 0.3) is 11.1 Å². The van der Waals surface area contributed by atoms with Crippen molar-refractivity contribution in [2.45, 2.75) is 49.9 Å². The van der Waals surface area contributed by atoms with Crippen LogP contribution in [0, 0.1) is 5.82 Å². The second kappa shape index (κ2) is 10.2. The van der Waals surface area contributed by atoms with Crippen LogP contribution in [0.1, 0.15) is 18.1 Å². The van der Waals surface area contributed by atoms with Gasteiger partial charge in [-0.05, 0) is 35.9 Å². The van der Waals surface area contributed by atoms with Gasteiger partial charge in [0.05, 0.1) is 17.7 Å². The van der Waals surface area contributed by atoms with E-state index in [0.29, 0.717) is 18.2 Å². The van der Waals surface area contributed by atoms with Gasteiger partial charge in [-0.25, -0.2) is 4.39 Å². The normalized spacial score (nSPS) is 24.9. The van der Waals surface area contributed by atoms with Gasteiger partial charge in [-0.1, -0.05) is 6.07 Å². The maximum atomic E-state index is 14.1. The van der Waals surface area contributed by atoms with E-state index in [0.717, 1.165) is 19.1 Å². The lowest BCUT2D eigenvalue weighted by atomic mass is 9.95. The number of aliphatic hydroxyl groups is 3. The van der Waals surface area contributed by atoms with E-state index in [1.807, 2.05) is 0 Å². The zero-order valence-corrected chi connectivity index (χ0v) is 18.3. The number of nitrogens with one attached hydrogen (secondary N) is 1. The number of benzene rings is 2. The van der Waals surface area contributed by atoms with E-state index in [4.69, 9.17) is 9.47 Å². The Morgan fingerprint density at radius 2 is 1.72 bits per heavy atom. The van der Waals surface area contributed by atoms with Crippen LogP contribution in [0.3, 0.4) is 0 Å². The van der Waals surface area contributed by atoms with Gasteiger partial charge in [0.25, 0.3) is 0 Å². The van der Waals surface area contributed by atoms with E-state index in [1.54, 1.807) is 0 Å². The van der Waals surface area contributed by atoms with E-state index >= 15 is 0 Å². The van der Waals surface area contributed by atoms with Crippen LogP contribution in [0.5, 0.6) is 5.75 Å². The van der Waals surface area contributed by atoms with Crippen molar-refractivity contribution in [2.24, 2.45) is 0 Å². The molecule has 0 spiro atoms. The summed E-state index contributed by atoms with van der Waals surface area (Å²) in [7, 11) is 0. The molecule has 5 atom stereocenters. The van der Waals surface area contributed by atoms with Crippen molar-refractivity contribution in [2.75, 3.05) is 6.61 Å². The number of aliphatic hydroxyl groups excluding tert-OH is 3. The maximum Gasteiger partial charge on any atom is 0.417 e. The second-order valence-corrected chi connectivity index (χ2v) is 7.95. The third kappa shape index (κ3) is 5.88. The molecule has 0 aromatic heterocycles. The highest BCUT2D eigenvalue weighted by Gasteiger charge is 2.46. The lowest BCUT2D eigenvalue weighted by Gasteiger charge is -2.42. The van der Waals surface area contributed by atoms with Gasteiger partial charge >= 0.3 is 12.4 Å². The Morgan fingerprint density at radius 3 is 2.28 bits per heavy atom. The SMILES string of the molecule is CC(=O)N[C@H]1[C@H](Oc2cccc(C(F)(F)F)c2-c2cc(F)cc(C(F)(F)F)c2)O[C@H](CO)[C@H](O)[C@@H]1O. The van der Waals surface area contributed by atoms with E-state index in [2.05, 4.69) is 5.32 Å². The first kappa shape index (κ1) is 27.6. The third-order valence-electron chi connectivity index (χ3n) is 5.34. The van der Waals surface area contributed by atoms with Crippen molar-refractivity contribution in [1.82, 2.24) is 5.32 Å². The molecular weight excluding hydrogens is 507 g/mol. The molecule has 7 nitrogen and oxygen atoms in total. The molecule has 1 amide bonds. The Kier molecular flexibility index (Phi) is 7.83. The molecule has 1 aliphatic rings. The molecule has 1 fully saturated rings. The largest absolute Gasteiger partial charge is 0.462 e. The Hall–Kier alpha value is -2.94. The lowest BCUT2D eigenvalue weighted by molar-refractivity contribution is -0.244. The fourth-order valence-electron chi connectivity index (χ4n) is 3.76. The lowest BCUT2D eigenvalue weighted by Crippen LogP contribution is -2.65. The van der Waals surface area contributed by atoms with E-state index in [1.165, 1.54) is 0 Å². The number of rotatable bonds is 5. The van der Waals surface area contributed by atoms with Crippen LogP contribution in [0.4, 0.5) is 30.7 Å². The van der Waals surface area contributed by atoms with Crippen molar-refractivity contribution >= 4 is 5.91 Å². The molecule has 0 aliphatic carbocycles. The number of halogens is 7. The second-order valence-electron chi connectivity index (χ2n) is 7.95. The third-order valence-corrected chi connectivity index (χ3v) is 5.34. The van der Waals surface area contributed by atoms with Crippen LogP contribution in [0.2, 0.25) is 0 Å². The number of carbonyl (C=O) groups excluding carboxylic acids is 1. The smallest absolute Gasteiger partial charge is 0.417 e. The highest BCUT2D eigenvalue weighted by Crippen LogP contribution is 2.44. The van der Waals surface area contributed by atoms with Crippen molar-refractivity contribution in [1.29, 1.82) is 0 Å². The number of carbonyl (C=O) groups is 1. The number of hydrogen-bond donors (Lipinski definition) is 4. The first-order valence-electron chi connectivity index (χ1n) is 10.3. The van der Waals surface area contributed by atoms with Crippen molar-refractivity contribution in [3.8, 4) is 16.9 Å². The molecule has 198 valence electrons. The summed E-state index contributed by atoms with van der Waals surface area (Å²) in [5, 5.41) is 32.1. The Balaban J connectivity index is 2.18. The van der Waals surface area contributed by atoms with E-state index < -0.39 is 89.3 Å². The van der Waals surface area contributed by atoms with Gasteiger partial charge in [-0.2, -0.15) is 26.3 Å². The van der Waals surface area contributed by atoms with Crippen LogP contribution in [-0.2, 0) is 21.9 Å². The van der Waals surface area contributed by atoms with Crippen molar-refractivity contribution in [3.63, 3.8) is 0 Å². The van der Waals surface area contributed by atoms with Gasteiger partial charge in [0, 0.05) is 12.5 Å². The Labute approximate surface area is 199 Å². The summed E-state index contributed by atoms with van der Waals surface area (Å²) in [6.07, 6.45) is -17.1. The topological polar surface area (TPSA) is 108 Å². The fraction of sp³-hybridized carbons (Fsp3) is 0.409. The van der Waals surface area contributed by atoms with E-state index in [-0.39, 0.29) is 6.07 Å². The predicted molar refractivity (Wildman–Crippen MR) is 108 cm³/mol. The number of ether oxygens (including phenoxy) is 2. The molecule has 1 heterocycles. The molecule has 3 rings (SSSR count). The summed E-state index contributed by atoms with van der Waals surface area (Å²) in [6, 6.07) is 1.65. The minimum absolute atomic E-state index is 0.112. The maximum absolute atomic E-state index is 14.1. The molecule has 1 aliphatic heterocycles. The van der Waals surface area contributed by atoms with Crippen LogP contribution < -0.4 is 10.1 Å². The van der Waals surface area contributed by atoms with Crippen LogP contribution in [0.15, 0.2) is 36.4 Å². The molecule has 1 saturated heterocycles. The van der Waals surface area contributed by atoms with Crippen molar-refractivity contribution in [3.05, 3.63) is 53.3 Å². The molecule has 0 unspecified atom stereocenters.